The molecule has 0 aliphatic carbocycles. The topological polar surface area (TPSA) is 155 Å². The zero-order valence-corrected chi connectivity index (χ0v) is 36.5. The van der Waals surface area contributed by atoms with Crippen LogP contribution in [0.1, 0.15) is 136 Å². The summed E-state index contributed by atoms with van der Waals surface area (Å²) in [5, 5.41) is 10.3. The third kappa shape index (κ3) is 40.8. The fourth-order valence-corrected chi connectivity index (χ4v) is 5.81. The van der Waals surface area contributed by atoms with E-state index in [2.05, 4.69) is 98.9 Å². The van der Waals surface area contributed by atoms with E-state index < -0.39 is 38.6 Å². The van der Waals surface area contributed by atoms with Crippen LogP contribution >= 0.6 is 7.82 Å². The van der Waals surface area contributed by atoms with Crippen LogP contribution in [0.25, 0.3) is 0 Å². The van der Waals surface area contributed by atoms with E-state index in [-0.39, 0.29) is 39.0 Å². The number of nitrogens with two attached hydrogens (primary N) is 1. The lowest BCUT2D eigenvalue weighted by atomic mass is 10.1. The molecule has 4 N–H and O–H groups in total. The van der Waals surface area contributed by atoms with Crippen molar-refractivity contribution in [1.82, 2.24) is 0 Å². The first-order valence-electron chi connectivity index (χ1n) is 21.5. The Kier molecular flexibility index (Phi) is 39.4. The number of rotatable bonds is 38. The van der Waals surface area contributed by atoms with Gasteiger partial charge in [0, 0.05) is 19.4 Å². The summed E-state index contributed by atoms with van der Waals surface area (Å²) < 4.78 is 32.5. The summed E-state index contributed by atoms with van der Waals surface area (Å²) in [4.78, 5) is 34.9. The van der Waals surface area contributed by atoms with E-state index in [1.54, 1.807) is 12.2 Å². The Hall–Kier alpha value is -3.37. The summed E-state index contributed by atoms with van der Waals surface area (Å²) in [5.74, 6) is -1.15. The maximum atomic E-state index is 12.6. The van der Waals surface area contributed by atoms with Crippen LogP contribution in [0.3, 0.4) is 0 Å². The van der Waals surface area contributed by atoms with Gasteiger partial charge in [-0.25, -0.2) is 4.57 Å². The minimum atomic E-state index is -4.46. The van der Waals surface area contributed by atoms with Crippen molar-refractivity contribution >= 4 is 19.8 Å². The predicted molar refractivity (Wildman–Crippen MR) is 239 cm³/mol. The van der Waals surface area contributed by atoms with Crippen LogP contribution in [0.15, 0.2) is 109 Å². The first kappa shape index (κ1) is 54.6. The van der Waals surface area contributed by atoms with Crippen molar-refractivity contribution in [2.24, 2.45) is 5.73 Å². The number of phosphoric acid groups is 1. The second-order valence-electron chi connectivity index (χ2n) is 13.7. The number of aliphatic hydroxyl groups is 1. The number of aliphatic hydroxyl groups excluding tert-OH is 1. The summed E-state index contributed by atoms with van der Waals surface area (Å²) in [7, 11) is -4.46. The summed E-state index contributed by atoms with van der Waals surface area (Å²) >= 11 is 0. The van der Waals surface area contributed by atoms with Crippen molar-refractivity contribution < 1.29 is 42.7 Å². The molecule has 2 unspecified atom stereocenters. The monoisotopic (exact) mass is 830 g/mol. The molecule has 0 heterocycles. The van der Waals surface area contributed by atoms with Crippen LogP contribution in [0, 0.1) is 0 Å². The highest BCUT2D eigenvalue weighted by Gasteiger charge is 2.26. The van der Waals surface area contributed by atoms with Gasteiger partial charge in [-0.15, -0.1) is 0 Å². The molecule has 0 spiro atoms. The molecule has 0 radical (unpaired) electrons. The van der Waals surface area contributed by atoms with Crippen molar-refractivity contribution in [2.45, 2.75) is 148 Å². The third-order valence-electron chi connectivity index (χ3n) is 8.26. The van der Waals surface area contributed by atoms with Gasteiger partial charge in [0.1, 0.15) is 6.61 Å². The zero-order valence-electron chi connectivity index (χ0n) is 35.6. The van der Waals surface area contributed by atoms with Crippen LogP contribution < -0.4 is 5.73 Å². The molecular weight excluding hydrogens is 753 g/mol. The fourth-order valence-electron chi connectivity index (χ4n) is 5.04. The molecule has 58 heavy (non-hydrogen) atoms. The molecule has 0 fully saturated rings. The van der Waals surface area contributed by atoms with E-state index in [1.807, 2.05) is 12.2 Å². The lowest BCUT2D eigenvalue weighted by molar-refractivity contribution is -0.161. The van der Waals surface area contributed by atoms with Crippen molar-refractivity contribution in [1.29, 1.82) is 0 Å². The highest BCUT2D eigenvalue weighted by atomic mass is 31.2. The standard InChI is InChI=1S/C47H76NO9P/c1-3-5-7-9-11-13-15-17-19-21-23-25-27-29-31-33-35-37-46(50)54-42-45(43-56-58(52,53)55-41-40-48)57-47(51)39-38-44(49)36-34-32-30-28-26-24-22-20-18-16-14-12-10-8-6-4-2/h6,8,11-14,17-20,23-26,30,32,34,36,44-45,49H,3-5,7,9-10,15-16,21-22,27-29,31,33,35,37-43,48H2,1-2H3,(H,52,53)/b8-6-,13-11-,14-12-,19-17-,20-18-,25-23-,26-24-,32-30-,36-34-/t44?,45-/m1/s1. The smallest absolute Gasteiger partial charge is 0.462 e. The van der Waals surface area contributed by atoms with Crippen LogP contribution in [0.5, 0.6) is 0 Å². The molecule has 0 aromatic carbocycles. The normalized spacial score (nSPS) is 14.9. The van der Waals surface area contributed by atoms with Gasteiger partial charge in [0.05, 0.1) is 19.3 Å². The van der Waals surface area contributed by atoms with Crippen molar-refractivity contribution in [2.75, 3.05) is 26.4 Å². The average Bonchev–Trinajstić information content (AvgIpc) is 3.21. The Morgan fingerprint density at radius 2 is 1.16 bits per heavy atom. The summed E-state index contributed by atoms with van der Waals surface area (Å²) in [6, 6.07) is 0. The van der Waals surface area contributed by atoms with E-state index in [4.69, 9.17) is 24.3 Å². The quantitative estimate of drug-likeness (QED) is 0.0180. The first-order chi connectivity index (χ1) is 28.2. The zero-order chi connectivity index (χ0) is 42.6. The summed E-state index contributed by atoms with van der Waals surface area (Å²) in [5.41, 5.74) is 5.33. The number of hydrogen-bond donors (Lipinski definition) is 3. The molecule has 0 aromatic rings. The van der Waals surface area contributed by atoms with Gasteiger partial charge in [-0.2, -0.15) is 0 Å². The van der Waals surface area contributed by atoms with Crippen molar-refractivity contribution in [3.63, 3.8) is 0 Å². The van der Waals surface area contributed by atoms with E-state index in [9.17, 15) is 24.2 Å². The maximum Gasteiger partial charge on any atom is 0.472 e. The molecule has 0 bridgehead atoms. The van der Waals surface area contributed by atoms with Gasteiger partial charge in [0.25, 0.3) is 0 Å². The molecular formula is C47H76NO9P. The van der Waals surface area contributed by atoms with E-state index >= 15 is 0 Å². The Morgan fingerprint density at radius 1 is 0.621 bits per heavy atom. The van der Waals surface area contributed by atoms with Gasteiger partial charge in [-0.05, 0) is 83.5 Å². The molecule has 10 nitrogen and oxygen atoms in total. The number of hydrogen-bond acceptors (Lipinski definition) is 9. The Labute approximate surface area is 351 Å². The second-order valence-corrected chi connectivity index (χ2v) is 15.1. The van der Waals surface area contributed by atoms with Crippen molar-refractivity contribution in [3.8, 4) is 0 Å². The number of ether oxygens (including phenoxy) is 2. The van der Waals surface area contributed by atoms with E-state index in [0.29, 0.717) is 6.42 Å². The van der Waals surface area contributed by atoms with Gasteiger partial charge >= 0.3 is 19.8 Å². The predicted octanol–water partition coefficient (Wildman–Crippen LogP) is 11.4. The Balaban J connectivity index is 4.47. The third-order valence-corrected chi connectivity index (χ3v) is 9.24. The average molecular weight is 830 g/mol. The number of carbonyl (C=O) groups excluding carboxylic acids is 2. The van der Waals surface area contributed by atoms with Gasteiger partial charge in [-0.1, -0.05) is 149 Å². The van der Waals surface area contributed by atoms with Crippen LogP contribution in [0.2, 0.25) is 0 Å². The fraction of sp³-hybridized carbons (Fsp3) is 0.574. The molecule has 0 aliphatic heterocycles. The second kappa shape index (κ2) is 41.8. The Morgan fingerprint density at radius 3 is 1.72 bits per heavy atom. The molecule has 328 valence electrons. The Bertz CT molecular complexity index is 1330. The van der Waals surface area contributed by atoms with Crippen LogP contribution in [-0.2, 0) is 32.7 Å². The largest absolute Gasteiger partial charge is 0.472 e. The van der Waals surface area contributed by atoms with Gasteiger partial charge in [-0.3, -0.25) is 18.6 Å². The molecule has 0 aliphatic rings. The molecule has 3 atom stereocenters. The SMILES string of the molecule is CC/C=C\C/C=C\C/C=C\C/C=C\C/C=C\C=C/C(O)CCC(=O)O[C@H](COC(=O)CCCCCC/C=C\C/C=C\C/C=C\CCCCC)COP(=O)(O)OCCN. The minimum Gasteiger partial charge on any atom is -0.462 e. The summed E-state index contributed by atoms with van der Waals surface area (Å²) in [6.07, 6.45) is 51.6. The maximum absolute atomic E-state index is 12.6. The lowest BCUT2D eigenvalue weighted by Crippen LogP contribution is -2.30. The summed E-state index contributed by atoms with van der Waals surface area (Å²) in [6.45, 7) is 3.25. The molecule has 0 rings (SSSR count). The van der Waals surface area contributed by atoms with Crippen LogP contribution in [-0.4, -0.2) is 60.5 Å². The highest BCUT2D eigenvalue weighted by molar-refractivity contribution is 7.47. The van der Waals surface area contributed by atoms with E-state index in [1.165, 1.54) is 25.7 Å². The molecule has 0 amide bonds. The number of esters is 2. The number of allylic oxidation sites excluding steroid dienone is 17. The van der Waals surface area contributed by atoms with E-state index in [0.717, 1.165) is 70.6 Å². The van der Waals surface area contributed by atoms with Crippen LogP contribution in [0.4, 0.5) is 0 Å². The molecule has 11 heteroatoms. The lowest BCUT2D eigenvalue weighted by Gasteiger charge is -2.20. The van der Waals surface area contributed by atoms with Gasteiger partial charge in [0.2, 0.25) is 0 Å². The first-order valence-corrected chi connectivity index (χ1v) is 23.0. The molecule has 0 saturated carbocycles. The minimum absolute atomic E-state index is 0.00760. The molecule has 0 saturated heterocycles. The number of unbranched alkanes of at least 4 members (excludes halogenated alkanes) is 7. The van der Waals surface area contributed by atoms with Crippen molar-refractivity contribution in [3.05, 3.63) is 109 Å². The number of phosphoric ester groups is 1. The number of carbonyl (C=O) groups is 2. The molecule has 0 aromatic heterocycles. The van der Waals surface area contributed by atoms with Gasteiger partial charge in [0.15, 0.2) is 6.10 Å². The van der Waals surface area contributed by atoms with Gasteiger partial charge < -0.3 is 25.2 Å². The highest BCUT2D eigenvalue weighted by Crippen LogP contribution is 2.43.